The van der Waals surface area contributed by atoms with Gasteiger partial charge in [0.15, 0.2) is 0 Å². The van der Waals surface area contributed by atoms with Crippen LogP contribution in [-0.2, 0) is 21.2 Å². The molecule has 3 aromatic carbocycles. The highest BCUT2D eigenvalue weighted by Gasteiger charge is 2.20. The Morgan fingerprint density at radius 1 is 0.854 bits per heavy atom. The van der Waals surface area contributed by atoms with Gasteiger partial charge in [0.2, 0.25) is 5.88 Å². The maximum atomic E-state index is 12.8. The fourth-order valence-corrected chi connectivity index (χ4v) is 5.38. The van der Waals surface area contributed by atoms with Crippen LogP contribution in [0, 0.1) is 6.92 Å². The summed E-state index contributed by atoms with van der Waals surface area (Å²) >= 11 is 5.99. The van der Waals surface area contributed by atoms with Crippen molar-refractivity contribution in [2.45, 2.75) is 18.2 Å². The Labute approximate surface area is 281 Å². The van der Waals surface area contributed by atoms with Crippen molar-refractivity contribution in [1.29, 1.82) is 0 Å². The summed E-state index contributed by atoms with van der Waals surface area (Å²) in [6.07, 6.45) is 0.579. The van der Waals surface area contributed by atoms with Gasteiger partial charge in [-0.3, -0.25) is 9.59 Å². The second kappa shape index (κ2) is 16.4. The number of nitrogens with zero attached hydrogens (tertiary/aromatic N) is 1. The van der Waals surface area contributed by atoms with Crippen molar-refractivity contribution in [2.24, 2.45) is 0 Å². The molecule has 0 aliphatic carbocycles. The predicted octanol–water partition coefficient (Wildman–Crippen LogP) is 4.09. The normalized spacial score (nSPS) is 10.8. The van der Waals surface area contributed by atoms with Gasteiger partial charge in [-0.1, -0.05) is 41.9 Å². The summed E-state index contributed by atoms with van der Waals surface area (Å²) in [7, 11) is -2.78. The van der Waals surface area contributed by atoms with Crippen LogP contribution in [0.3, 0.4) is 0 Å². The molecule has 48 heavy (non-hydrogen) atoms. The van der Waals surface area contributed by atoms with Gasteiger partial charge in [-0.15, -0.1) is 0 Å². The molecule has 0 saturated heterocycles. The SMILES string of the molecule is COc1ccc(Cl)cc1C(=O)NCCc1ccc(S(=O)(=O)NC(=O)c2ccc(OC(=O)NCCOC(=O)c3ccccc3C)nc2)cc1. The van der Waals surface area contributed by atoms with Gasteiger partial charge in [-0.05, 0) is 66.9 Å². The predicted molar refractivity (Wildman–Crippen MR) is 175 cm³/mol. The van der Waals surface area contributed by atoms with E-state index in [1.165, 1.54) is 37.4 Å². The molecule has 1 aromatic heterocycles. The van der Waals surface area contributed by atoms with E-state index in [1.54, 1.807) is 55.5 Å². The first-order valence-corrected chi connectivity index (χ1v) is 16.3. The lowest BCUT2D eigenvalue weighted by molar-refractivity contribution is 0.0506. The van der Waals surface area contributed by atoms with Crippen molar-refractivity contribution in [3.63, 3.8) is 0 Å². The van der Waals surface area contributed by atoms with Gasteiger partial charge in [0.05, 0.1) is 35.2 Å². The van der Waals surface area contributed by atoms with E-state index in [4.69, 9.17) is 25.8 Å². The molecule has 4 rings (SSSR count). The smallest absolute Gasteiger partial charge is 0.414 e. The molecule has 0 spiro atoms. The Balaban J connectivity index is 1.21. The molecule has 0 bridgehead atoms. The average molecular weight is 695 g/mol. The topological polar surface area (TPSA) is 179 Å². The molecule has 0 radical (unpaired) electrons. The van der Waals surface area contributed by atoms with Crippen LogP contribution in [0.4, 0.5) is 4.79 Å². The first-order chi connectivity index (χ1) is 23.0. The van der Waals surface area contributed by atoms with Gasteiger partial charge in [0.1, 0.15) is 12.4 Å². The van der Waals surface area contributed by atoms with E-state index in [1.807, 2.05) is 4.72 Å². The van der Waals surface area contributed by atoms with Crippen molar-refractivity contribution < 1.29 is 41.8 Å². The Hall–Kier alpha value is -5.47. The molecule has 250 valence electrons. The van der Waals surface area contributed by atoms with Gasteiger partial charge in [-0.2, -0.15) is 0 Å². The van der Waals surface area contributed by atoms with Crippen molar-refractivity contribution in [1.82, 2.24) is 20.3 Å². The van der Waals surface area contributed by atoms with Gasteiger partial charge in [0.25, 0.3) is 21.8 Å². The van der Waals surface area contributed by atoms with Crippen LogP contribution < -0.4 is 24.8 Å². The second-order valence-electron chi connectivity index (χ2n) is 10.1. The van der Waals surface area contributed by atoms with Gasteiger partial charge in [-0.25, -0.2) is 27.7 Å². The van der Waals surface area contributed by atoms with E-state index in [0.717, 1.165) is 17.3 Å². The average Bonchev–Trinajstić information content (AvgIpc) is 3.07. The van der Waals surface area contributed by atoms with Crippen LogP contribution in [-0.4, -0.2) is 64.1 Å². The number of carbonyl (C=O) groups is 4. The van der Waals surface area contributed by atoms with Crippen molar-refractivity contribution in [3.05, 3.63) is 118 Å². The number of ether oxygens (including phenoxy) is 3. The Kier molecular flexibility index (Phi) is 12.1. The summed E-state index contributed by atoms with van der Waals surface area (Å²) in [5.41, 5.74) is 2.12. The maximum absolute atomic E-state index is 12.8. The molecule has 4 aromatic rings. The summed E-state index contributed by atoms with van der Waals surface area (Å²) in [5, 5.41) is 5.57. The fourth-order valence-electron chi connectivity index (χ4n) is 4.23. The molecule has 0 saturated carbocycles. The summed E-state index contributed by atoms with van der Waals surface area (Å²) in [4.78, 5) is 53.1. The highest BCUT2D eigenvalue weighted by atomic mass is 35.5. The molecule has 0 aliphatic heterocycles. The van der Waals surface area contributed by atoms with Crippen LogP contribution in [0.2, 0.25) is 5.02 Å². The number of esters is 1. The Bertz CT molecular complexity index is 1900. The van der Waals surface area contributed by atoms with Crippen molar-refractivity contribution in [2.75, 3.05) is 26.8 Å². The lowest BCUT2D eigenvalue weighted by atomic mass is 10.1. The lowest BCUT2D eigenvalue weighted by Crippen LogP contribution is -2.31. The summed E-state index contributed by atoms with van der Waals surface area (Å²) < 4.78 is 43.0. The third-order valence-electron chi connectivity index (χ3n) is 6.73. The number of nitrogens with one attached hydrogen (secondary N) is 3. The van der Waals surface area contributed by atoms with Crippen LogP contribution in [0.15, 0.2) is 90.0 Å². The number of pyridine rings is 1. The van der Waals surface area contributed by atoms with Crippen molar-refractivity contribution in [3.8, 4) is 11.6 Å². The number of carbonyl (C=O) groups excluding carboxylic acids is 4. The number of sulfonamides is 1. The van der Waals surface area contributed by atoms with Crippen LogP contribution >= 0.6 is 11.6 Å². The molecule has 13 nitrogen and oxygen atoms in total. The largest absolute Gasteiger partial charge is 0.496 e. The van der Waals surface area contributed by atoms with E-state index in [-0.39, 0.29) is 47.5 Å². The Morgan fingerprint density at radius 3 is 2.29 bits per heavy atom. The van der Waals surface area contributed by atoms with Crippen LogP contribution in [0.1, 0.15) is 42.2 Å². The monoisotopic (exact) mass is 694 g/mol. The Morgan fingerprint density at radius 2 is 1.60 bits per heavy atom. The van der Waals surface area contributed by atoms with E-state index < -0.39 is 28.0 Å². The molecule has 3 amide bonds. The minimum atomic E-state index is -4.23. The molecule has 0 atom stereocenters. The summed E-state index contributed by atoms with van der Waals surface area (Å²) in [5.74, 6) is -1.61. The second-order valence-corrected chi connectivity index (χ2v) is 12.2. The first kappa shape index (κ1) is 35.4. The molecule has 15 heteroatoms. The molecule has 0 unspecified atom stereocenters. The van der Waals surface area contributed by atoms with E-state index in [0.29, 0.717) is 22.8 Å². The van der Waals surface area contributed by atoms with Gasteiger partial charge < -0.3 is 24.8 Å². The van der Waals surface area contributed by atoms with E-state index in [9.17, 15) is 27.6 Å². The van der Waals surface area contributed by atoms with Gasteiger partial charge in [0, 0.05) is 23.8 Å². The minimum Gasteiger partial charge on any atom is -0.496 e. The highest BCUT2D eigenvalue weighted by molar-refractivity contribution is 7.90. The number of halogens is 1. The number of hydrogen-bond acceptors (Lipinski definition) is 10. The quantitative estimate of drug-likeness (QED) is 0.136. The summed E-state index contributed by atoms with van der Waals surface area (Å²) in [6.45, 7) is 1.93. The zero-order valence-corrected chi connectivity index (χ0v) is 27.4. The van der Waals surface area contributed by atoms with Crippen LogP contribution in [0.25, 0.3) is 0 Å². The number of amides is 3. The number of hydrogen-bond donors (Lipinski definition) is 3. The number of methoxy groups -OCH3 is 1. The lowest BCUT2D eigenvalue weighted by Gasteiger charge is -2.10. The maximum Gasteiger partial charge on any atom is 0.414 e. The van der Waals surface area contributed by atoms with Gasteiger partial charge >= 0.3 is 12.1 Å². The zero-order chi connectivity index (χ0) is 34.7. The van der Waals surface area contributed by atoms with Crippen LogP contribution in [0.5, 0.6) is 11.6 Å². The fraction of sp³-hybridized carbons (Fsp3) is 0.182. The number of aromatic nitrogens is 1. The summed E-state index contributed by atoms with van der Waals surface area (Å²) in [6, 6.07) is 19.9. The third kappa shape index (κ3) is 9.77. The number of aryl methyl sites for hydroxylation is 1. The highest BCUT2D eigenvalue weighted by Crippen LogP contribution is 2.22. The molecular formula is C33H31ClN4O9S. The number of benzene rings is 3. The third-order valence-corrected chi connectivity index (χ3v) is 8.31. The zero-order valence-electron chi connectivity index (χ0n) is 25.8. The van der Waals surface area contributed by atoms with E-state index in [2.05, 4.69) is 15.6 Å². The van der Waals surface area contributed by atoms with E-state index >= 15 is 0 Å². The molecular weight excluding hydrogens is 664 g/mol. The number of rotatable bonds is 13. The molecule has 0 aliphatic rings. The molecule has 3 N–H and O–H groups in total. The first-order valence-electron chi connectivity index (χ1n) is 14.4. The molecule has 1 heterocycles. The molecule has 0 fully saturated rings. The van der Waals surface area contributed by atoms with Crippen molar-refractivity contribution >= 4 is 45.5 Å². The minimum absolute atomic E-state index is 0.0219. The standard InChI is InChI=1S/C33H31ClN4O9S/c1-21-5-3-4-6-26(21)32(41)46-18-17-36-33(42)47-29-14-9-23(20-37-29)30(39)38-48(43,44)25-11-7-22(8-12-25)15-16-35-31(40)27-19-24(34)10-13-28(27)45-2/h3-14,19-20H,15-18H2,1-2H3,(H,35,40)(H,36,42)(H,38,39).